The van der Waals surface area contributed by atoms with Crippen LogP contribution in [0.4, 0.5) is 0 Å². The molecule has 0 unspecified atom stereocenters. The minimum absolute atomic E-state index is 0.102. The first-order valence-corrected chi connectivity index (χ1v) is 8.60. The Bertz CT molecular complexity index is 889. The van der Waals surface area contributed by atoms with Crippen LogP contribution >= 0.6 is 0 Å². The Balaban J connectivity index is 1.89. The van der Waals surface area contributed by atoms with Crippen molar-refractivity contribution < 1.29 is 4.79 Å². The van der Waals surface area contributed by atoms with Gasteiger partial charge in [-0.05, 0) is 25.0 Å². The molecule has 1 fully saturated rings. The smallest absolute Gasteiger partial charge is 0.262 e. The minimum Gasteiger partial charge on any atom is -0.349 e. The van der Waals surface area contributed by atoms with Crippen molar-refractivity contribution in [2.45, 2.75) is 44.7 Å². The van der Waals surface area contributed by atoms with Crippen molar-refractivity contribution in [3.63, 3.8) is 0 Å². The molecular weight excluding hydrogens is 312 g/mol. The lowest BCUT2D eigenvalue weighted by molar-refractivity contribution is -0.117. The van der Waals surface area contributed by atoms with Gasteiger partial charge in [0.25, 0.3) is 5.91 Å². The van der Waals surface area contributed by atoms with Gasteiger partial charge in [0.1, 0.15) is 18.2 Å². The van der Waals surface area contributed by atoms with Gasteiger partial charge in [0.15, 0.2) is 0 Å². The van der Waals surface area contributed by atoms with Crippen LogP contribution in [0, 0.1) is 22.7 Å². The Morgan fingerprint density at radius 1 is 1.24 bits per heavy atom. The number of benzene rings is 1. The molecule has 1 aromatic heterocycles. The van der Waals surface area contributed by atoms with E-state index >= 15 is 0 Å². The number of hydrogen-bond acceptors (Lipinski definition) is 3. The number of para-hydroxylation sites is 1. The van der Waals surface area contributed by atoms with E-state index in [1.54, 1.807) is 6.08 Å². The van der Waals surface area contributed by atoms with Crippen LogP contribution < -0.4 is 5.32 Å². The van der Waals surface area contributed by atoms with Gasteiger partial charge >= 0.3 is 0 Å². The Kier molecular flexibility index (Phi) is 5.16. The quantitative estimate of drug-likeness (QED) is 0.687. The minimum atomic E-state index is -0.313. The second kappa shape index (κ2) is 7.68. The van der Waals surface area contributed by atoms with E-state index in [2.05, 4.69) is 11.4 Å². The maximum absolute atomic E-state index is 12.5. The lowest BCUT2D eigenvalue weighted by Crippen LogP contribution is -2.36. The van der Waals surface area contributed by atoms with Crippen molar-refractivity contribution in [1.29, 1.82) is 10.5 Å². The summed E-state index contributed by atoms with van der Waals surface area (Å²) in [6.45, 7) is 0.227. The molecule has 0 atom stereocenters. The monoisotopic (exact) mass is 332 g/mol. The number of amides is 1. The summed E-state index contributed by atoms with van der Waals surface area (Å²) in [5, 5.41) is 22.3. The zero-order valence-electron chi connectivity index (χ0n) is 14.0. The number of nitriles is 2. The second-order valence-electron chi connectivity index (χ2n) is 6.37. The molecule has 5 heteroatoms. The third-order valence-electron chi connectivity index (χ3n) is 4.67. The lowest BCUT2D eigenvalue weighted by Gasteiger charge is -2.22. The van der Waals surface area contributed by atoms with E-state index in [0.29, 0.717) is 0 Å². The van der Waals surface area contributed by atoms with Gasteiger partial charge in [0.05, 0.1) is 6.07 Å². The van der Waals surface area contributed by atoms with Crippen molar-refractivity contribution in [3.05, 3.63) is 41.6 Å². The molecule has 1 saturated carbocycles. The first-order valence-electron chi connectivity index (χ1n) is 8.60. The van der Waals surface area contributed by atoms with Crippen LogP contribution in [-0.4, -0.2) is 16.5 Å². The molecule has 0 radical (unpaired) electrons. The summed E-state index contributed by atoms with van der Waals surface area (Å²) in [7, 11) is 0. The molecule has 1 aliphatic rings. The molecule has 5 nitrogen and oxygen atoms in total. The molecule has 1 aliphatic carbocycles. The largest absolute Gasteiger partial charge is 0.349 e. The fourth-order valence-electron chi connectivity index (χ4n) is 3.41. The van der Waals surface area contributed by atoms with E-state index in [-0.39, 0.29) is 24.1 Å². The molecule has 25 heavy (non-hydrogen) atoms. The van der Waals surface area contributed by atoms with E-state index in [1.165, 1.54) is 6.42 Å². The number of fused-ring (bicyclic) bond motifs is 1. The first-order chi connectivity index (χ1) is 12.2. The number of hydrogen-bond donors (Lipinski definition) is 1. The average molecular weight is 332 g/mol. The van der Waals surface area contributed by atoms with Gasteiger partial charge in [0, 0.05) is 28.7 Å². The lowest BCUT2D eigenvalue weighted by atomic mass is 9.95. The van der Waals surface area contributed by atoms with E-state index in [9.17, 15) is 10.1 Å². The Hall–Kier alpha value is -3.05. The summed E-state index contributed by atoms with van der Waals surface area (Å²) in [6.07, 6.45) is 8.85. The van der Waals surface area contributed by atoms with Crippen LogP contribution in [0.25, 0.3) is 17.0 Å². The first kappa shape index (κ1) is 16.8. The third kappa shape index (κ3) is 3.72. The van der Waals surface area contributed by atoms with Crippen LogP contribution in [0.5, 0.6) is 0 Å². The van der Waals surface area contributed by atoms with Crippen molar-refractivity contribution in [1.82, 2.24) is 9.88 Å². The number of rotatable bonds is 4. The molecular formula is C20H20N4O. The molecule has 0 bridgehead atoms. The number of aromatic nitrogens is 1. The maximum Gasteiger partial charge on any atom is 0.262 e. The molecule has 1 heterocycles. The van der Waals surface area contributed by atoms with Crippen LogP contribution in [0.2, 0.25) is 0 Å². The Morgan fingerprint density at radius 3 is 2.72 bits per heavy atom. The van der Waals surface area contributed by atoms with E-state index < -0.39 is 0 Å². The fourth-order valence-corrected chi connectivity index (χ4v) is 3.41. The molecule has 2 aromatic rings. The van der Waals surface area contributed by atoms with Crippen LogP contribution in [0.3, 0.4) is 0 Å². The molecule has 1 N–H and O–H groups in total. The SMILES string of the molecule is N#CCn1cc(C=C(C#N)C(=O)NC2CCCCC2)c2ccccc21. The molecule has 126 valence electrons. The maximum atomic E-state index is 12.5. The number of nitrogens with zero attached hydrogens (tertiary/aromatic N) is 3. The highest BCUT2D eigenvalue weighted by atomic mass is 16.1. The summed E-state index contributed by atoms with van der Waals surface area (Å²) in [4.78, 5) is 12.5. The van der Waals surface area contributed by atoms with Crippen LogP contribution in [-0.2, 0) is 11.3 Å². The van der Waals surface area contributed by atoms with E-state index in [1.807, 2.05) is 41.1 Å². The second-order valence-corrected chi connectivity index (χ2v) is 6.37. The van der Waals surface area contributed by atoms with Crippen molar-refractivity contribution in [2.24, 2.45) is 0 Å². The Labute approximate surface area is 147 Å². The third-order valence-corrected chi connectivity index (χ3v) is 4.67. The van der Waals surface area contributed by atoms with Crippen molar-refractivity contribution in [2.75, 3.05) is 0 Å². The normalized spacial score (nSPS) is 15.5. The topological polar surface area (TPSA) is 81.6 Å². The number of carbonyl (C=O) groups is 1. The van der Waals surface area contributed by atoms with Gasteiger partial charge in [0.2, 0.25) is 0 Å². The fraction of sp³-hybridized carbons (Fsp3) is 0.350. The summed E-state index contributed by atoms with van der Waals surface area (Å²) in [5.41, 5.74) is 1.80. The van der Waals surface area contributed by atoms with Crippen molar-refractivity contribution >= 4 is 22.9 Å². The average Bonchev–Trinajstić information content (AvgIpc) is 2.98. The van der Waals surface area contributed by atoms with Crippen LogP contribution in [0.15, 0.2) is 36.0 Å². The molecule has 1 aromatic carbocycles. The van der Waals surface area contributed by atoms with Crippen LogP contribution in [0.1, 0.15) is 37.7 Å². The molecule has 0 aliphatic heterocycles. The predicted molar refractivity (Wildman–Crippen MR) is 96.2 cm³/mol. The van der Waals surface area contributed by atoms with Gasteiger partial charge in [-0.25, -0.2) is 0 Å². The van der Waals surface area contributed by atoms with Gasteiger partial charge in [-0.2, -0.15) is 10.5 Å². The summed E-state index contributed by atoms with van der Waals surface area (Å²) in [6, 6.07) is 12.0. The molecule has 0 spiro atoms. The van der Waals surface area contributed by atoms with Gasteiger partial charge in [-0.3, -0.25) is 4.79 Å². The predicted octanol–water partition coefficient (Wildman–Crippen LogP) is 3.52. The molecule has 1 amide bonds. The standard InChI is InChI=1S/C20H20N4O/c21-10-11-24-14-16(18-8-4-5-9-19(18)24)12-15(13-22)20(25)23-17-6-2-1-3-7-17/h4-5,8-9,12,14,17H,1-3,6-7,11H2,(H,23,25). The highest BCUT2D eigenvalue weighted by molar-refractivity contribution is 6.04. The zero-order valence-corrected chi connectivity index (χ0v) is 14.0. The highest BCUT2D eigenvalue weighted by Gasteiger charge is 2.18. The summed E-state index contributed by atoms with van der Waals surface area (Å²) >= 11 is 0. The summed E-state index contributed by atoms with van der Waals surface area (Å²) < 4.78 is 1.83. The van der Waals surface area contributed by atoms with Gasteiger partial charge in [-0.15, -0.1) is 0 Å². The summed E-state index contributed by atoms with van der Waals surface area (Å²) in [5.74, 6) is -0.313. The van der Waals surface area contributed by atoms with E-state index in [0.717, 1.165) is 42.1 Å². The highest BCUT2D eigenvalue weighted by Crippen LogP contribution is 2.24. The number of carbonyl (C=O) groups excluding carboxylic acids is 1. The van der Waals surface area contributed by atoms with E-state index in [4.69, 9.17) is 5.26 Å². The number of nitrogens with one attached hydrogen (secondary N) is 1. The molecule has 0 saturated heterocycles. The van der Waals surface area contributed by atoms with Crippen molar-refractivity contribution in [3.8, 4) is 12.1 Å². The van der Waals surface area contributed by atoms with Gasteiger partial charge in [-0.1, -0.05) is 37.5 Å². The zero-order chi connectivity index (χ0) is 17.6. The molecule has 3 rings (SSSR count). The Morgan fingerprint density at radius 2 is 2.00 bits per heavy atom. The van der Waals surface area contributed by atoms with Gasteiger partial charge < -0.3 is 9.88 Å².